The van der Waals surface area contributed by atoms with Crippen LogP contribution in [0.5, 0.6) is 0 Å². The number of fused-ring (bicyclic) bond motifs is 3. The van der Waals surface area contributed by atoms with Gasteiger partial charge in [0.25, 0.3) is 0 Å². The van der Waals surface area contributed by atoms with Crippen molar-refractivity contribution in [3.63, 3.8) is 0 Å². The standard InChI is InChI=1S/C26H30N2O5/c1-18(12-13-24(29)27-15-6-11-25(30)31)14-16-28-26(32)33-17-23-21-9-4-2-7-19(21)20-8-3-5-10-22(20)23/h2-11,18,23H,12-17H2,1H3,(H,27,29)(H,28,32)(H,30,31)/b11-6+. The van der Waals surface area contributed by atoms with Crippen LogP contribution in [0.15, 0.2) is 60.7 Å². The Bertz CT molecular complexity index is 972. The molecule has 1 unspecified atom stereocenters. The summed E-state index contributed by atoms with van der Waals surface area (Å²) in [7, 11) is 0. The third kappa shape index (κ3) is 6.94. The van der Waals surface area contributed by atoms with E-state index in [1.807, 2.05) is 31.2 Å². The van der Waals surface area contributed by atoms with Crippen LogP contribution >= 0.6 is 0 Å². The number of carboxylic acid groups (broad SMARTS) is 1. The molecule has 1 aliphatic carbocycles. The van der Waals surface area contributed by atoms with Gasteiger partial charge in [0.2, 0.25) is 5.91 Å². The van der Waals surface area contributed by atoms with Crippen molar-refractivity contribution in [3.8, 4) is 11.1 Å². The highest BCUT2D eigenvalue weighted by Gasteiger charge is 2.28. The van der Waals surface area contributed by atoms with Gasteiger partial charge in [-0.05, 0) is 41.0 Å². The maximum Gasteiger partial charge on any atom is 0.407 e. The van der Waals surface area contributed by atoms with Gasteiger partial charge in [-0.2, -0.15) is 0 Å². The highest BCUT2D eigenvalue weighted by molar-refractivity contribution is 5.80. The summed E-state index contributed by atoms with van der Waals surface area (Å²) in [4.78, 5) is 34.4. The van der Waals surface area contributed by atoms with E-state index in [1.54, 1.807) is 0 Å². The Labute approximate surface area is 193 Å². The summed E-state index contributed by atoms with van der Waals surface area (Å²) in [5.41, 5.74) is 4.74. The summed E-state index contributed by atoms with van der Waals surface area (Å²) in [5, 5.41) is 14.0. The van der Waals surface area contributed by atoms with Crippen LogP contribution < -0.4 is 10.6 Å². The maximum atomic E-state index is 12.2. The zero-order valence-corrected chi connectivity index (χ0v) is 18.8. The molecule has 3 N–H and O–H groups in total. The van der Waals surface area contributed by atoms with Gasteiger partial charge in [0.15, 0.2) is 0 Å². The van der Waals surface area contributed by atoms with Crippen LogP contribution in [0.2, 0.25) is 0 Å². The van der Waals surface area contributed by atoms with E-state index in [-0.39, 0.29) is 30.9 Å². The minimum absolute atomic E-state index is 0.0333. The van der Waals surface area contributed by atoms with Crippen molar-refractivity contribution in [2.75, 3.05) is 19.7 Å². The van der Waals surface area contributed by atoms with Crippen molar-refractivity contribution in [1.29, 1.82) is 0 Å². The molecule has 174 valence electrons. The molecule has 2 aromatic carbocycles. The predicted octanol–water partition coefficient (Wildman–Crippen LogP) is 4.09. The minimum Gasteiger partial charge on any atom is -0.478 e. The molecule has 0 spiro atoms. The number of ether oxygens (including phenoxy) is 1. The van der Waals surface area contributed by atoms with Gasteiger partial charge in [-0.15, -0.1) is 0 Å². The molecule has 0 heterocycles. The highest BCUT2D eigenvalue weighted by Crippen LogP contribution is 2.44. The first-order chi connectivity index (χ1) is 16.0. The number of benzene rings is 2. The van der Waals surface area contributed by atoms with Crippen LogP contribution in [0.25, 0.3) is 11.1 Å². The van der Waals surface area contributed by atoms with Gasteiger partial charge >= 0.3 is 12.1 Å². The fraction of sp³-hybridized carbons (Fsp3) is 0.346. The Morgan fingerprint density at radius 1 is 1.00 bits per heavy atom. The number of rotatable bonds is 11. The smallest absolute Gasteiger partial charge is 0.407 e. The molecule has 0 fully saturated rings. The molecule has 3 rings (SSSR count). The Hall–Kier alpha value is -3.61. The van der Waals surface area contributed by atoms with Crippen LogP contribution in [-0.2, 0) is 14.3 Å². The second kappa shape index (κ2) is 11.9. The zero-order valence-electron chi connectivity index (χ0n) is 18.8. The van der Waals surface area contributed by atoms with Gasteiger partial charge in [-0.3, -0.25) is 4.79 Å². The molecular weight excluding hydrogens is 420 g/mol. The monoisotopic (exact) mass is 450 g/mol. The lowest BCUT2D eigenvalue weighted by Gasteiger charge is -2.15. The van der Waals surface area contributed by atoms with Crippen molar-refractivity contribution < 1.29 is 24.2 Å². The fourth-order valence-electron chi connectivity index (χ4n) is 4.01. The summed E-state index contributed by atoms with van der Waals surface area (Å²) >= 11 is 0. The number of carboxylic acids is 1. The van der Waals surface area contributed by atoms with E-state index >= 15 is 0 Å². The van der Waals surface area contributed by atoms with Gasteiger partial charge < -0.3 is 20.5 Å². The molecule has 0 bridgehead atoms. The number of hydrogen-bond acceptors (Lipinski definition) is 4. The van der Waals surface area contributed by atoms with Gasteiger partial charge in [0, 0.05) is 31.5 Å². The number of alkyl carbamates (subject to hydrolysis) is 1. The van der Waals surface area contributed by atoms with Crippen LogP contribution in [-0.4, -0.2) is 42.8 Å². The van der Waals surface area contributed by atoms with Crippen molar-refractivity contribution in [1.82, 2.24) is 10.6 Å². The molecule has 1 atom stereocenters. The second-order valence-electron chi connectivity index (χ2n) is 8.23. The number of carbonyl (C=O) groups excluding carboxylic acids is 2. The fourth-order valence-corrected chi connectivity index (χ4v) is 4.01. The van der Waals surface area contributed by atoms with Crippen molar-refractivity contribution in [2.45, 2.75) is 32.1 Å². The molecule has 2 aromatic rings. The quantitative estimate of drug-likeness (QED) is 0.447. The zero-order chi connectivity index (χ0) is 23.6. The molecule has 0 aromatic heterocycles. The van der Waals surface area contributed by atoms with E-state index in [0.717, 1.165) is 12.5 Å². The van der Waals surface area contributed by atoms with E-state index in [1.165, 1.54) is 28.3 Å². The first-order valence-corrected chi connectivity index (χ1v) is 11.2. The van der Waals surface area contributed by atoms with E-state index in [2.05, 4.69) is 34.9 Å². The lowest BCUT2D eigenvalue weighted by molar-refractivity contribution is -0.131. The topological polar surface area (TPSA) is 105 Å². The highest BCUT2D eigenvalue weighted by atomic mass is 16.5. The van der Waals surface area contributed by atoms with Gasteiger partial charge in [-0.25, -0.2) is 9.59 Å². The molecule has 33 heavy (non-hydrogen) atoms. The average molecular weight is 451 g/mol. The number of aliphatic carboxylic acids is 1. The third-order valence-corrected chi connectivity index (χ3v) is 5.79. The molecule has 0 aliphatic heterocycles. The summed E-state index contributed by atoms with van der Waals surface area (Å²) in [6.45, 7) is 2.98. The van der Waals surface area contributed by atoms with Crippen molar-refractivity contribution in [3.05, 3.63) is 71.8 Å². The number of amides is 2. The van der Waals surface area contributed by atoms with E-state index in [0.29, 0.717) is 19.4 Å². The normalized spacial score (nSPS) is 13.2. The summed E-state index contributed by atoms with van der Waals surface area (Å²) in [6, 6.07) is 16.4. The van der Waals surface area contributed by atoms with Gasteiger partial charge in [0.05, 0.1) is 0 Å². The average Bonchev–Trinajstić information content (AvgIpc) is 3.13. The number of carbonyl (C=O) groups is 3. The Kier molecular flexibility index (Phi) is 8.63. The molecule has 1 aliphatic rings. The third-order valence-electron chi connectivity index (χ3n) is 5.79. The van der Waals surface area contributed by atoms with Crippen LogP contribution in [0.1, 0.15) is 43.2 Å². The lowest BCUT2D eigenvalue weighted by atomic mass is 9.98. The lowest BCUT2D eigenvalue weighted by Crippen LogP contribution is -2.28. The molecule has 0 saturated heterocycles. The van der Waals surface area contributed by atoms with Crippen LogP contribution in [0, 0.1) is 5.92 Å². The largest absolute Gasteiger partial charge is 0.478 e. The summed E-state index contributed by atoms with van der Waals surface area (Å²) in [6.07, 6.45) is 3.72. The first-order valence-electron chi connectivity index (χ1n) is 11.2. The molecule has 0 radical (unpaired) electrons. The number of nitrogens with one attached hydrogen (secondary N) is 2. The van der Waals surface area contributed by atoms with Crippen LogP contribution in [0.4, 0.5) is 4.79 Å². The maximum absolute atomic E-state index is 12.2. The summed E-state index contributed by atoms with van der Waals surface area (Å²) in [5.74, 6) is -0.881. The SMILES string of the molecule is CC(CCNC(=O)OCC1c2ccccc2-c2ccccc21)CCC(=O)NC/C=C/C(=O)O. The minimum atomic E-state index is -1.04. The number of hydrogen-bond donors (Lipinski definition) is 3. The van der Waals surface area contributed by atoms with E-state index in [9.17, 15) is 14.4 Å². The van der Waals surface area contributed by atoms with Crippen molar-refractivity contribution >= 4 is 18.0 Å². The Balaban J connectivity index is 1.35. The molecule has 7 nitrogen and oxygen atoms in total. The van der Waals surface area contributed by atoms with Crippen molar-refractivity contribution in [2.24, 2.45) is 5.92 Å². The van der Waals surface area contributed by atoms with E-state index < -0.39 is 12.1 Å². The molecule has 2 amide bonds. The van der Waals surface area contributed by atoms with Gasteiger partial charge in [-0.1, -0.05) is 61.5 Å². The second-order valence-corrected chi connectivity index (χ2v) is 8.23. The van der Waals surface area contributed by atoms with Gasteiger partial charge in [0.1, 0.15) is 6.61 Å². The predicted molar refractivity (Wildman–Crippen MR) is 126 cm³/mol. The molecule has 0 saturated carbocycles. The first kappa shape index (κ1) is 24.0. The Morgan fingerprint density at radius 3 is 2.27 bits per heavy atom. The molecule has 7 heteroatoms. The summed E-state index contributed by atoms with van der Waals surface area (Å²) < 4.78 is 5.53. The Morgan fingerprint density at radius 2 is 1.64 bits per heavy atom. The molecular formula is C26H30N2O5. The van der Waals surface area contributed by atoms with E-state index in [4.69, 9.17) is 9.84 Å². The van der Waals surface area contributed by atoms with Crippen LogP contribution in [0.3, 0.4) is 0 Å².